The molecule has 2 aliphatic heterocycles. The molecular formula is C20H23FN2O3. The minimum absolute atomic E-state index is 0.0137. The molecule has 0 bridgehead atoms. The molecule has 2 saturated heterocycles. The van der Waals surface area contributed by atoms with E-state index in [-0.39, 0.29) is 23.6 Å². The van der Waals surface area contributed by atoms with Gasteiger partial charge in [0.2, 0.25) is 0 Å². The number of halogens is 1. The lowest BCUT2D eigenvalue weighted by Gasteiger charge is -2.42. The van der Waals surface area contributed by atoms with Crippen LogP contribution in [0, 0.1) is 5.82 Å². The maximum absolute atomic E-state index is 13.0. The number of hydrogen-bond acceptors (Lipinski definition) is 4. The summed E-state index contributed by atoms with van der Waals surface area (Å²) in [4.78, 5) is 14.8. The Morgan fingerprint density at radius 2 is 2.04 bits per heavy atom. The fourth-order valence-electron chi connectivity index (χ4n) is 3.70. The van der Waals surface area contributed by atoms with Gasteiger partial charge in [-0.15, -0.1) is 0 Å². The molecule has 5 nitrogen and oxygen atoms in total. The number of furan rings is 1. The number of fused-ring (bicyclic) bond motifs is 1. The molecule has 26 heavy (non-hydrogen) atoms. The summed E-state index contributed by atoms with van der Waals surface area (Å²) in [5.41, 5.74) is 0.734. The van der Waals surface area contributed by atoms with Gasteiger partial charge in [0.05, 0.1) is 12.7 Å². The van der Waals surface area contributed by atoms with Crippen molar-refractivity contribution in [1.82, 2.24) is 10.2 Å². The monoisotopic (exact) mass is 358 g/mol. The van der Waals surface area contributed by atoms with Gasteiger partial charge in [0.1, 0.15) is 11.6 Å². The Morgan fingerprint density at radius 3 is 2.88 bits per heavy atom. The molecular weight excluding hydrogens is 335 g/mol. The molecule has 4 rings (SSSR count). The molecule has 0 saturated carbocycles. The Hall–Kier alpha value is -2.18. The minimum Gasteiger partial charge on any atom is -0.451 e. The first kappa shape index (κ1) is 17.2. The molecule has 6 heteroatoms. The van der Waals surface area contributed by atoms with E-state index in [1.807, 2.05) is 0 Å². The largest absolute Gasteiger partial charge is 0.451 e. The van der Waals surface area contributed by atoms with Crippen molar-refractivity contribution in [3.05, 3.63) is 48.0 Å². The van der Waals surface area contributed by atoms with Crippen molar-refractivity contribution >= 4 is 5.91 Å². The van der Waals surface area contributed by atoms with E-state index in [0.29, 0.717) is 18.3 Å². The quantitative estimate of drug-likeness (QED) is 0.913. The Balaban J connectivity index is 1.32. The van der Waals surface area contributed by atoms with Crippen LogP contribution in [0.1, 0.15) is 29.8 Å². The van der Waals surface area contributed by atoms with Gasteiger partial charge in [-0.05, 0) is 55.8 Å². The van der Waals surface area contributed by atoms with Gasteiger partial charge in [-0.1, -0.05) is 6.42 Å². The third-order valence-electron chi connectivity index (χ3n) is 5.16. The molecule has 0 aliphatic carbocycles. The Kier molecular flexibility index (Phi) is 5.04. The van der Waals surface area contributed by atoms with Crippen LogP contribution in [0.2, 0.25) is 0 Å². The molecule has 2 atom stereocenters. The van der Waals surface area contributed by atoms with Crippen LogP contribution in [0.15, 0.2) is 40.8 Å². The summed E-state index contributed by atoms with van der Waals surface area (Å²) in [6.07, 6.45) is 3.74. The number of amides is 1. The second-order valence-corrected chi connectivity index (χ2v) is 6.98. The maximum atomic E-state index is 13.0. The van der Waals surface area contributed by atoms with Gasteiger partial charge >= 0.3 is 0 Å². The van der Waals surface area contributed by atoms with Crippen molar-refractivity contribution in [2.24, 2.45) is 0 Å². The molecule has 0 unspecified atom stereocenters. The number of hydrogen-bond donors (Lipinski definition) is 1. The average molecular weight is 358 g/mol. The van der Waals surface area contributed by atoms with Gasteiger partial charge in [-0.3, -0.25) is 9.69 Å². The summed E-state index contributed by atoms with van der Waals surface area (Å²) in [7, 11) is 0. The van der Waals surface area contributed by atoms with E-state index in [2.05, 4.69) is 10.2 Å². The van der Waals surface area contributed by atoms with Crippen molar-refractivity contribution in [1.29, 1.82) is 0 Å². The fourth-order valence-corrected chi connectivity index (χ4v) is 3.70. The van der Waals surface area contributed by atoms with Crippen molar-refractivity contribution in [3.8, 4) is 11.3 Å². The zero-order chi connectivity index (χ0) is 17.9. The van der Waals surface area contributed by atoms with Gasteiger partial charge in [0, 0.05) is 24.7 Å². The van der Waals surface area contributed by atoms with Gasteiger partial charge in [-0.25, -0.2) is 4.39 Å². The third-order valence-corrected chi connectivity index (χ3v) is 5.16. The number of ether oxygens (including phenoxy) is 1. The summed E-state index contributed by atoms with van der Waals surface area (Å²) in [5.74, 6) is 0.223. The van der Waals surface area contributed by atoms with Crippen LogP contribution in [0.3, 0.4) is 0 Å². The molecule has 1 amide bonds. The number of morpholine rings is 1. The standard InChI is InChI=1S/C20H23FN2O3/c21-15-6-4-14(5-7-15)18-8-9-19(26-18)20(24)22-11-17-12-23-10-2-1-3-16(23)13-25-17/h4-9,16-17H,1-3,10-13H2,(H,22,24)/t16-,17-/m1/s1. The van der Waals surface area contributed by atoms with E-state index in [1.54, 1.807) is 24.3 Å². The number of benzene rings is 1. The van der Waals surface area contributed by atoms with Gasteiger partial charge in [0.25, 0.3) is 5.91 Å². The van der Waals surface area contributed by atoms with Gasteiger partial charge in [-0.2, -0.15) is 0 Å². The van der Waals surface area contributed by atoms with E-state index >= 15 is 0 Å². The highest BCUT2D eigenvalue weighted by molar-refractivity contribution is 5.92. The first-order chi connectivity index (χ1) is 12.7. The predicted octanol–water partition coefficient (Wildman–Crippen LogP) is 3.07. The molecule has 1 N–H and O–H groups in total. The fraction of sp³-hybridized carbons (Fsp3) is 0.450. The van der Waals surface area contributed by atoms with Gasteiger partial charge < -0.3 is 14.5 Å². The first-order valence-corrected chi connectivity index (χ1v) is 9.18. The van der Waals surface area contributed by atoms with Crippen LogP contribution >= 0.6 is 0 Å². The van der Waals surface area contributed by atoms with Crippen molar-refractivity contribution in [2.75, 3.05) is 26.2 Å². The molecule has 0 spiro atoms. The molecule has 3 heterocycles. The summed E-state index contributed by atoms with van der Waals surface area (Å²) in [5, 5.41) is 2.89. The Bertz CT molecular complexity index is 759. The number of carbonyl (C=O) groups excluding carboxylic acids is 1. The summed E-state index contributed by atoms with van der Waals surface area (Å²) >= 11 is 0. The lowest BCUT2D eigenvalue weighted by Crippen LogP contribution is -2.54. The topological polar surface area (TPSA) is 54.7 Å². The molecule has 138 valence electrons. The van der Waals surface area contributed by atoms with Crippen LogP contribution < -0.4 is 5.32 Å². The summed E-state index contributed by atoms with van der Waals surface area (Å²) < 4.78 is 24.5. The lowest BCUT2D eigenvalue weighted by atomic mass is 10.0. The lowest BCUT2D eigenvalue weighted by molar-refractivity contribution is -0.0726. The Morgan fingerprint density at radius 1 is 1.19 bits per heavy atom. The molecule has 0 radical (unpaired) electrons. The predicted molar refractivity (Wildman–Crippen MR) is 95.4 cm³/mol. The zero-order valence-corrected chi connectivity index (χ0v) is 14.6. The number of nitrogens with one attached hydrogen (secondary N) is 1. The summed E-state index contributed by atoms with van der Waals surface area (Å²) in [6, 6.07) is 9.88. The molecule has 2 aromatic rings. The van der Waals surface area contributed by atoms with E-state index in [1.165, 1.54) is 31.4 Å². The van der Waals surface area contributed by atoms with Crippen LogP contribution in [-0.2, 0) is 4.74 Å². The molecule has 1 aromatic carbocycles. The molecule has 1 aromatic heterocycles. The minimum atomic E-state index is -0.304. The Labute approximate surface area is 152 Å². The second-order valence-electron chi connectivity index (χ2n) is 6.98. The smallest absolute Gasteiger partial charge is 0.287 e. The summed E-state index contributed by atoms with van der Waals surface area (Å²) in [6.45, 7) is 3.20. The van der Waals surface area contributed by atoms with E-state index in [0.717, 1.165) is 25.3 Å². The van der Waals surface area contributed by atoms with Crippen LogP contribution in [0.25, 0.3) is 11.3 Å². The third kappa shape index (κ3) is 3.81. The van der Waals surface area contributed by atoms with Crippen molar-refractivity contribution < 1.29 is 18.3 Å². The van der Waals surface area contributed by atoms with E-state index in [9.17, 15) is 9.18 Å². The van der Waals surface area contributed by atoms with Crippen molar-refractivity contribution in [2.45, 2.75) is 31.4 Å². The molecule has 2 aliphatic rings. The molecule has 2 fully saturated rings. The van der Waals surface area contributed by atoms with E-state index in [4.69, 9.17) is 9.15 Å². The highest BCUT2D eigenvalue weighted by atomic mass is 19.1. The van der Waals surface area contributed by atoms with Crippen LogP contribution in [-0.4, -0.2) is 49.2 Å². The van der Waals surface area contributed by atoms with Gasteiger partial charge in [0.15, 0.2) is 5.76 Å². The average Bonchev–Trinajstić information content (AvgIpc) is 3.17. The highest BCUT2D eigenvalue weighted by Gasteiger charge is 2.30. The highest BCUT2D eigenvalue weighted by Crippen LogP contribution is 2.23. The first-order valence-electron chi connectivity index (χ1n) is 9.18. The van der Waals surface area contributed by atoms with E-state index < -0.39 is 0 Å². The number of rotatable bonds is 4. The normalized spacial score (nSPS) is 23.4. The van der Waals surface area contributed by atoms with Crippen molar-refractivity contribution in [3.63, 3.8) is 0 Å². The maximum Gasteiger partial charge on any atom is 0.287 e. The van der Waals surface area contributed by atoms with Crippen LogP contribution in [0.4, 0.5) is 4.39 Å². The number of carbonyl (C=O) groups is 1. The number of nitrogens with zero attached hydrogens (tertiary/aromatic N) is 1. The second kappa shape index (κ2) is 7.60. The van der Waals surface area contributed by atoms with Crippen LogP contribution in [0.5, 0.6) is 0 Å². The SMILES string of the molecule is O=C(NC[C@@H]1CN2CCCC[C@@H]2CO1)c1ccc(-c2ccc(F)cc2)o1. The number of piperidine rings is 1. The zero-order valence-electron chi connectivity index (χ0n) is 14.6.